The summed E-state index contributed by atoms with van der Waals surface area (Å²) in [5.41, 5.74) is 9.26. The van der Waals surface area contributed by atoms with Crippen molar-refractivity contribution in [3.63, 3.8) is 0 Å². The van der Waals surface area contributed by atoms with Gasteiger partial charge in [0.2, 0.25) is 5.88 Å². The third-order valence-corrected chi connectivity index (χ3v) is 3.78. The Balaban J connectivity index is 2.33. The van der Waals surface area contributed by atoms with Gasteiger partial charge in [-0.25, -0.2) is 4.98 Å². The fraction of sp³-hybridized carbons (Fsp3) is 0.667. The SMILES string of the molecule is CCC(C)(C)Oc1nc2c(cc1CN)CCCC2. The lowest BCUT2D eigenvalue weighted by molar-refractivity contribution is 0.0971. The molecule has 0 amide bonds. The van der Waals surface area contributed by atoms with Gasteiger partial charge in [-0.2, -0.15) is 0 Å². The van der Waals surface area contributed by atoms with Crippen molar-refractivity contribution in [2.45, 2.75) is 65.0 Å². The summed E-state index contributed by atoms with van der Waals surface area (Å²) in [7, 11) is 0. The summed E-state index contributed by atoms with van der Waals surface area (Å²) in [5.74, 6) is 0.741. The molecule has 2 rings (SSSR count). The normalized spacial score (nSPS) is 15.3. The Morgan fingerprint density at radius 3 is 2.72 bits per heavy atom. The van der Waals surface area contributed by atoms with E-state index < -0.39 is 0 Å². The van der Waals surface area contributed by atoms with Crippen molar-refractivity contribution in [3.8, 4) is 5.88 Å². The molecule has 0 radical (unpaired) electrons. The molecule has 1 aliphatic carbocycles. The average molecular weight is 248 g/mol. The standard InChI is InChI=1S/C15H24N2O/c1-4-15(2,3)18-14-12(10-16)9-11-7-5-6-8-13(11)17-14/h9H,4-8,10,16H2,1-3H3. The molecule has 1 aromatic rings. The first-order chi connectivity index (χ1) is 8.55. The molecule has 1 aromatic heterocycles. The van der Waals surface area contributed by atoms with Crippen LogP contribution in [-0.4, -0.2) is 10.6 Å². The summed E-state index contributed by atoms with van der Waals surface area (Å²) in [4.78, 5) is 4.71. The maximum atomic E-state index is 6.05. The van der Waals surface area contributed by atoms with Crippen molar-refractivity contribution in [1.82, 2.24) is 4.98 Å². The zero-order valence-electron chi connectivity index (χ0n) is 11.8. The second kappa shape index (κ2) is 5.27. The Hall–Kier alpha value is -1.09. The van der Waals surface area contributed by atoms with Gasteiger partial charge < -0.3 is 10.5 Å². The molecular weight excluding hydrogens is 224 g/mol. The van der Waals surface area contributed by atoms with Gasteiger partial charge in [0.1, 0.15) is 5.60 Å². The van der Waals surface area contributed by atoms with Crippen LogP contribution in [0.3, 0.4) is 0 Å². The molecule has 2 N–H and O–H groups in total. The van der Waals surface area contributed by atoms with Crippen molar-refractivity contribution in [1.29, 1.82) is 0 Å². The number of nitrogens with two attached hydrogens (primary N) is 1. The number of aryl methyl sites for hydroxylation is 2. The minimum absolute atomic E-state index is 0.181. The third kappa shape index (κ3) is 2.83. The van der Waals surface area contributed by atoms with Crippen LogP contribution >= 0.6 is 0 Å². The van der Waals surface area contributed by atoms with Crippen LogP contribution in [0, 0.1) is 0 Å². The zero-order valence-corrected chi connectivity index (χ0v) is 11.8. The second-order valence-corrected chi connectivity index (χ2v) is 5.69. The number of nitrogens with zero attached hydrogens (tertiary/aromatic N) is 1. The Morgan fingerprint density at radius 1 is 1.33 bits per heavy atom. The zero-order chi connectivity index (χ0) is 13.2. The van der Waals surface area contributed by atoms with Crippen LogP contribution in [0.5, 0.6) is 5.88 Å². The number of hydrogen-bond donors (Lipinski definition) is 1. The molecule has 100 valence electrons. The van der Waals surface area contributed by atoms with E-state index >= 15 is 0 Å². The van der Waals surface area contributed by atoms with Gasteiger partial charge in [-0.3, -0.25) is 0 Å². The van der Waals surface area contributed by atoms with Gasteiger partial charge in [-0.05, 0) is 57.6 Å². The molecule has 0 unspecified atom stereocenters. The first-order valence-electron chi connectivity index (χ1n) is 6.96. The molecule has 1 heterocycles. The van der Waals surface area contributed by atoms with Crippen LogP contribution in [0.15, 0.2) is 6.07 Å². The van der Waals surface area contributed by atoms with Gasteiger partial charge in [0, 0.05) is 17.8 Å². The fourth-order valence-corrected chi connectivity index (χ4v) is 2.23. The van der Waals surface area contributed by atoms with E-state index in [0.29, 0.717) is 6.54 Å². The van der Waals surface area contributed by atoms with Crippen LogP contribution < -0.4 is 10.5 Å². The van der Waals surface area contributed by atoms with E-state index in [2.05, 4.69) is 26.8 Å². The van der Waals surface area contributed by atoms with Crippen molar-refractivity contribution in [3.05, 3.63) is 22.9 Å². The maximum absolute atomic E-state index is 6.05. The Morgan fingerprint density at radius 2 is 2.06 bits per heavy atom. The fourth-order valence-electron chi connectivity index (χ4n) is 2.23. The summed E-state index contributed by atoms with van der Waals surface area (Å²) >= 11 is 0. The largest absolute Gasteiger partial charge is 0.471 e. The van der Waals surface area contributed by atoms with Crippen molar-refractivity contribution >= 4 is 0 Å². The molecule has 3 nitrogen and oxygen atoms in total. The average Bonchev–Trinajstić information content (AvgIpc) is 2.37. The highest BCUT2D eigenvalue weighted by atomic mass is 16.5. The monoisotopic (exact) mass is 248 g/mol. The lowest BCUT2D eigenvalue weighted by atomic mass is 9.95. The molecule has 0 spiro atoms. The molecule has 0 aliphatic heterocycles. The van der Waals surface area contributed by atoms with Gasteiger partial charge in [0.15, 0.2) is 0 Å². The number of ether oxygens (including phenoxy) is 1. The predicted molar refractivity (Wildman–Crippen MR) is 73.8 cm³/mol. The van der Waals surface area contributed by atoms with Crippen LogP contribution in [0.25, 0.3) is 0 Å². The minimum Gasteiger partial charge on any atom is -0.471 e. The van der Waals surface area contributed by atoms with Crippen LogP contribution in [0.4, 0.5) is 0 Å². The molecule has 0 aromatic carbocycles. The quantitative estimate of drug-likeness (QED) is 0.891. The first-order valence-corrected chi connectivity index (χ1v) is 6.96. The summed E-state index contributed by atoms with van der Waals surface area (Å²) in [5, 5.41) is 0. The van der Waals surface area contributed by atoms with Crippen LogP contribution in [-0.2, 0) is 19.4 Å². The molecule has 0 atom stereocenters. The number of aromatic nitrogens is 1. The van der Waals surface area contributed by atoms with E-state index in [9.17, 15) is 0 Å². The summed E-state index contributed by atoms with van der Waals surface area (Å²) in [6, 6.07) is 2.20. The minimum atomic E-state index is -0.181. The van der Waals surface area contributed by atoms with Crippen LogP contribution in [0.1, 0.15) is 56.9 Å². The molecule has 3 heteroatoms. The van der Waals surface area contributed by atoms with Crippen molar-refractivity contribution in [2.75, 3.05) is 0 Å². The lowest BCUT2D eigenvalue weighted by Crippen LogP contribution is -2.28. The van der Waals surface area contributed by atoms with Gasteiger partial charge in [0.05, 0.1) is 0 Å². The van der Waals surface area contributed by atoms with Gasteiger partial charge in [0.25, 0.3) is 0 Å². The number of pyridine rings is 1. The first kappa shape index (κ1) is 13.3. The maximum Gasteiger partial charge on any atom is 0.218 e. The molecule has 1 aliphatic rings. The van der Waals surface area contributed by atoms with Crippen LogP contribution in [0.2, 0.25) is 0 Å². The smallest absolute Gasteiger partial charge is 0.218 e. The highest BCUT2D eigenvalue weighted by Gasteiger charge is 2.21. The molecular formula is C15H24N2O. The molecule has 0 bridgehead atoms. The highest BCUT2D eigenvalue weighted by Crippen LogP contribution is 2.28. The van der Waals surface area contributed by atoms with Gasteiger partial charge in [-0.15, -0.1) is 0 Å². The number of hydrogen-bond acceptors (Lipinski definition) is 3. The summed E-state index contributed by atoms with van der Waals surface area (Å²) < 4.78 is 6.05. The Kier molecular flexibility index (Phi) is 3.91. The number of rotatable bonds is 4. The third-order valence-electron chi connectivity index (χ3n) is 3.78. The van der Waals surface area contributed by atoms with Crippen molar-refractivity contribution in [2.24, 2.45) is 5.73 Å². The van der Waals surface area contributed by atoms with E-state index in [-0.39, 0.29) is 5.60 Å². The van der Waals surface area contributed by atoms with E-state index in [0.717, 1.165) is 30.7 Å². The molecule has 0 saturated carbocycles. The van der Waals surface area contributed by atoms with E-state index in [1.165, 1.54) is 24.1 Å². The predicted octanol–water partition coefficient (Wildman–Crippen LogP) is 2.99. The van der Waals surface area contributed by atoms with E-state index in [1.54, 1.807) is 0 Å². The summed E-state index contributed by atoms with van der Waals surface area (Å²) in [6.45, 7) is 6.80. The Labute approximate surface area is 110 Å². The second-order valence-electron chi connectivity index (χ2n) is 5.69. The lowest BCUT2D eigenvalue weighted by Gasteiger charge is -2.27. The van der Waals surface area contributed by atoms with E-state index in [1.807, 2.05) is 0 Å². The molecule has 0 saturated heterocycles. The topological polar surface area (TPSA) is 48.1 Å². The number of fused-ring (bicyclic) bond motifs is 1. The van der Waals surface area contributed by atoms with Gasteiger partial charge in [-0.1, -0.05) is 6.92 Å². The van der Waals surface area contributed by atoms with Gasteiger partial charge >= 0.3 is 0 Å². The Bertz CT molecular complexity index is 427. The molecule has 0 fully saturated rings. The highest BCUT2D eigenvalue weighted by molar-refractivity contribution is 5.36. The molecule has 18 heavy (non-hydrogen) atoms. The van der Waals surface area contributed by atoms with Crippen molar-refractivity contribution < 1.29 is 4.74 Å². The summed E-state index contributed by atoms with van der Waals surface area (Å²) in [6.07, 6.45) is 5.66. The van der Waals surface area contributed by atoms with E-state index in [4.69, 9.17) is 15.5 Å².